The lowest BCUT2D eigenvalue weighted by atomic mass is 9.88. The molecule has 4 nitrogen and oxygen atoms in total. The smallest absolute Gasteiger partial charge is 0.417 e. The molecular weight excluding hydrogens is 482 g/mol. The highest BCUT2D eigenvalue weighted by Crippen LogP contribution is 2.41. The molecule has 182 valence electrons. The number of amides is 1. The van der Waals surface area contributed by atoms with Crippen LogP contribution in [-0.2, 0) is 23.5 Å². The Morgan fingerprint density at radius 3 is 2.21 bits per heavy atom. The lowest BCUT2D eigenvalue weighted by molar-refractivity contribution is -0.138. The van der Waals surface area contributed by atoms with Gasteiger partial charge in [-0.05, 0) is 36.2 Å². The molecular formula is C23H20F6N2O2S. The molecule has 1 unspecified atom stereocenters. The minimum atomic E-state index is -4.94. The van der Waals surface area contributed by atoms with Gasteiger partial charge in [0, 0.05) is 24.6 Å². The number of benzene rings is 2. The van der Waals surface area contributed by atoms with Crippen LogP contribution in [0.1, 0.15) is 40.4 Å². The maximum atomic E-state index is 13.8. The SMILES string of the molecule is CCC[S+]([O-])CC1CN(C(=O)c2c(C(F)(F)F)ccc(C#N)c2-c2ccc(C(F)(F)F)cc2)C1. The molecule has 1 saturated heterocycles. The zero-order valence-corrected chi connectivity index (χ0v) is 18.8. The number of rotatable bonds is 6. The van der Waals surface area contributed by atoms with E-state index >= 15 is 0 Å². The van der Waals surface area contributed by atoms with Gasteiger partial charge in [0.05, 0.1) is 28.3 Å². The topological polar surface area (TPSA) is 67.2 Å². The van der Waals surface area contributed by atoms with E-state index in [-0.39, 0.29) is 35.7 Å². The van der Waals surface area contributed by atoms with Gasteiger partial charge in [0.1, 0.15) is 11.5 Å². The van der Waals surface area contributed by atoms with Crippen LogP contribution < -0.4 is 0 Å². The molecule has 11 heteroatoms. The Bertz CT molecular complexity index is 1090. The molecule has 0 saturated carbocycles. The van der Waals surface area contributed by atoms with Crippen molar-refractivity contribution in [1.82, 2.24) is 4.90 Å². The first-order valence-corrected chi connectivity index (χ1v) is 11.8. The van der Waals surface area contributed by atoms with Crippen LogP contribution in [0.4, 0.5) is 26.3 Å². The molecule has 1 heterocycles. The molecule has 1 aliphatic heterocycles. The maximum Gasteiger partial charge on any atom is 0.417 e. The number of halogens is 6. The normalized spacial score (nSPS) is 15.6. The molecule has 2 aromatic carbocycles. The van der Waals surface area contributed by atoms with Gasteiger partial charge >= 0.3 is 12.4 Å². The predicted molar refractivity (Wildman–Crippen MR) is 114 cm³/mol. The summed E-state index contributed by atoms with van der Waals surface area (Å²) in [5, 5.41) is 9.50. The van der Waals surface area contributed by atoms with Crippen LogP contribution in [0, 0.1) is 17.2 Å². The van der Waals surface area contributed by atoms with Crippen LogP contribution >= 0.6 is 0 Å². The van der Waals surface area contributed by atoms with Crippen molar-refractivity contribution in [3.05, 3.63) is 58.7 Å². The van der Waals surface area contributed by atoms with Crippen LogP contribution in [0.3, 0.4) is 0 Å². The molecule has 1 aliphatic rings. The first kappa shape index (κ1) is 25.9. The third-order valence-electron chi connectivity index (χ3n) is 5.44. The summed E-state index contributed by atoms with van der Waals surface area (Å²) in [6.45, 7) is 2.09. The first-order valence-electron chi connectivity index (χ1n) is 10.3. The van der Waals surface area contributed by atoms with Crippen molar-refractivity contribution in [1.29, 1.82) is 5.26 Å². The highest BCUT2D eigenvalue weighted by molar-refractivity contribution is 7.91. The number of carbonyl (C=O) groups excluding carboxylic acids is 1. The van der Waals surface area contributed by atoms with Gasteiger partial charge in [0.25, 0.3) is 5.91 Å². The van der Waals surface area contributed by atoms with E-state index in [0.717, 1.165) is 18.2 Å². The van der Waals surface area contributed by atoms with Crippen molar-refractivity contribution in [3.8, 4) is 17.2 Å². The molecule has 34 heavy (non-hydrogen) atoms. The number of hydrogen-bond acceptors (Lipinski definition) is 3. The molecule has 0 radical (unpaired) electrons. The number of alkyl halides is 6. The summed E-state index contributed by atoms with van der Waals surface area (Å²) in [6.07, 6.45) is -8.88. The van der Waals surface area contributed by atoms with Gasteiger partial charge in [0.15, 0.2) is 0 Å². The molecule has 1 atom stereocenters. The minimum Gasteiger partial charge on any atom is -0.616 e. The van der Waals surface area contributed by atoms with E-state index < -0.39 is 46.1 Å². The van der Waals surface area contributed by atoms with E-state index in [4.69, 9.17) is 0 Å². The number of carbonyl (C=O) groups is 1. The Morgan fingerprint density at radius 2 is 1.71 bits per heavy atom. The Morgan fingerprint density at radius 1 is 1.09 bits per heavy atom. The molecule has 0 bridgehead atoms. The van der Waals surface area contributed by atoms with Gasteiger partial charge in [-0.25, -0.2) is 0 Å². The zero-order chi connectivity index (χ0) is 25.3. The number of hydrogen-bond donors (Lipinski definition) is 0. The molecule has 1 amide bonds. The minimum absolute atomic E-state index is 0.106. The van der Waals surface area contributed by atoms with Gasteiger partial charge in [-0.3, -0.25) is 4.79 Å². The van der Waals surface area contributed by atoms with Crippen molar-refractivity contribution >= 4 is 17.1 Å². The van der Waals surface area contributed by atoms with E-state index in [9.17, 15) is 41.0 Å². The van der Waals surface area contributed by atoms with Crippen molar-refractivity contribution in [2.24, 2.45) is 5.92 Å². The van der Waals surface area contributed by atoms with Gasteiger partial charge < -0.3 is 9.45 Å². The molecule has 2 aromatic rings. The summed E-state index contributed by atoms with van der Waals surface area (Å²) in [5.74, 6) is -0.283. The fourth-order valence-corrected chi connectivity index (χ4v) is 5.21. The molecule has 0 aliphatic carbocycles. The quantitative estimate of drug-likeness (QED) is 0.387. The number of nitriles is 1. The Balaban J connectivity index is 2.04. The second-order valence-corrected chi connectivity index (χ2v) is 9.60. The van der Waals surface area contributed by atoms with Crippen molar-refractivity contribution < 1.29 is 35.7 Å². The monoisotopic (exact) mass is 502 g/mol. The van der Waals surface area contributed by atoms with Gasteiger partial charge in [-0.2, -0.15) is 31.6 Å². The van der Waals surface area contributed by atoms with Gasteiger partial charge in [0.2, 0.25) is 0 Å². The van der Waals surface area contributed by atoms with E-state index in [0.29, 0.717) is 36.1 Å². The largest absolute Gasteiger partial charge is 0.616 e. The van der Waals surface area contributed by atoms with Crippen molar-refractivity contribution in [3.63, 3.8) is 0 Å². The van der Waals surface area contributed by atoms with Crippen LogP contribution in [0.15, 0.2) is 36.4 Å². The average molecular weight is 502 g/mol. The Kier molecular flexibility index (Phi) is 7.53. The van der Waals surface area contributed by atoms with Crippen molar-refractivity contribution in [2.75, 3.05) is 24.6 Å². The van der Waals surface area contributed by atoms with Gasteiger partial charge in [-0.15, -0.1) is 0 Å². The standard InChI is InChI=1S/C23H20F6N2O2S/c1-2-9-34(33)13-14-11-31(12-14)21(32)20-18(23(27,28)29)8-5-16(10-30)19(20)15-3-6-17(7-4-15)22(24,25)26/h3-8,14H,2,9,11-13H2,1H3. The number of nitrogens with zero attached hydrogens (tertiary/aromatic N) is 2. The van der Waals surface area contributed by atoms with Gasteiger partial charge in [-0.1, -0.05) is 30.2 Å². The molecule has 0 aromatic heterocycles. The third kappa shape index (κ3) is 5.50. The lowest BCUT2D eigenvalue weighted by Crippen LogP contribution is -2.52. The fraction of sp³-hybridized carbons (Fsp3) is 0.391. The highest BCUT2D eigenvalue weighted by atomic mass is 32.2. The summed E-state index contributed by atoms with van der Waals surface area (Å²) < 4.78 is 92.3. The molecule has 0 N–H and O–H groups in total. The predicted octanol–water partition coefficient (Wildman–Crippen LogP) is 5.49. The third-order valence-corrected chi connectivity index (χ3v) is 7.15. The maximum absolute atomic E-state index is 13.8. The number of likely N-dealkylation sites (tertiary alicyclic amines) is 1. The average Bonchev–Trinajstić information content (AvgIpc) is 2.73. The second-order valence-electron chi connectivity index (χ2n) is 7.98. The van der Waals surface area contributed by atoms with E-state index in [1.54, 1.807) is 6.07 Å². The van der Waals surface area contributed by atoms with Crippen LogP contribution in [0.25, 0.3) is 11.1 Å². The molecule has 3 rings (SSSR count). The highest BCUT2D eigenvalue weighted by Gasteiger charge is 2.42. The molecule has 1 fully saturated rings. The summed E-state index contributed by atoms with van der Waals surface area (Å²) in [6, 6.07) is 6.54. The second kappa shape index (κ2) is 9.88. The Hall–Kier alpha value is -2.71. The summed E-state index contributed by atoms with van der Waals surface area (Å²) in [5.41, 5.74) is -3.81. The van der Waals surface area contributed by atoms with Crippen LogP contribution in [-0.4, -0.2) is 40.0 Å². The fourth-order valence-electron chi connectivity index (χ4n) is 3.85. The molecule has 0 spiro atoms. The van der Waals surface area contributed by atoms with E-state index in [1.807, 2.05) is 6.92 Å². The van der Waals surface area contributed by atoms with E-state index in [2.05, 4.69) is 0 Å². The van der Waals surface area contributed by atoms with Crippen LogP contribution in [0.2, 0.25) is 0 Å². The Labute approximate surface area is 195 Å². The van der Waals surface area contributed by atoms with E-state index in [1.165, 1.54) is 4.90 Å². The summed E-state index contributed by atoms with van der Waals surface area (Å²) >= 11 is -1.09. The zero-order valence-electron chi connectivity index (χ0n) is 18.0. The lowest BCUT2D eigenvalue weighted by Gasteiger charge is -2.39. The first-order chi connectivity index (χ1) is 15.9. The van der Waals surface area contributed by atoms with Crippen LogP contribution in [0.5, 0.6) is 0 Å². The summed E-state index contributed by atoms with van der Waals surface area (Å²) in [4.78, 5) is 14.4. The van der Waals surface area contributed by atoms with Crippen molar-refractivity contribution in [2.45, 2.75) is 25.7 Å². The summed E-state index contributed by atoms with van der Waals surface area (Å²) in [7, 11) is 0.